The normalized spacial score (nSPS) is 12.6. The van der Waals surface area contributed by atoms with Crippen LogP contribution in [0.1, 0.15) is 49.2 Å². The highest BCUT2D eigenvalue weighted by atomic mass is 35.5. The van der Waals surface area contributed by atoms with Crippen LogP contribution in [0.25, 0.3) is 11.0 Å². The molecule has 1 atom stereocenters. The molecule has 3 aromatic carbocycles. The van der Waals surface area contributed by atoms with Crippen molar-refractivity contribution < 1.29 is 0 Å². The van der Waals surface area contributed by atoms with E-state index in [1.165, 1.54) is 11.1 Å². The van der Waals surface area contributed by atoms with E-state index in [0.717, 1.165) is 28.8 Å². The van der Waals surface area contributed by atoms with E-state index in [1.807, 2.05) is 18.2 Å². The molecule has 0 aliphatic carbocycles. The summed E-state index contributed by atoms with van der Waals surface area (Å²) in [6.07, 6.45) is 1.10. The first-order valence-electron chi connectivity index (χ1n) is 10.4. The summed E-state index contributed by atoms with van der Waals surface area (Å²) in [7, 11) is 0. The van der Waals surface area contributed by atoms with Gasteiger partial charge in [-0.05, 0) is 53.3 Å². The van der Waals surface area contributed by atoms with Gasteiger partial charge in [0.25, 0.3) is 0 Å². The van der Waals surface area contributed by atoms with Crippen LogP contribution in [0.5, 0.6) is 0 Å². The lowest BCUT2D eigenvalue weighted by Crippen LogP contribution is -2.10. The fraction of sp³-hybridized carbons (Fsp3) is 0.269. The molecule has 4 heteroatoms. The molecule has 4 rings (SSSR count). The van der Waals surface area contributed by atoms with Gasteiger partial charge in [-0.25, -0.2) is 4.98 Å². The molecule has 0 aliphatic heterocycles. The van der Waals surface area contributed by atoms with Crippen LogP contribution in [0, 0.1) is 5.92 Å². The highest BCUT2D eigenvalue weighted by Crippen LogP contribution is 2.30. The van der Waals surface area contributed by atoms with Gasteiger partial charge in [0.15, 0.2) is 0 Å². The molecule has 0 bridgehead atoms. The molecule has 0 aliphatic rings. The molecular weight excluding hydrogens is 411 g/mol. The largest absolute Gasteiger partial charge is 0.323 e. The van der Waals surface area contributed by atoms with Crippen LogP contribution in [0.15, 0.2) is 66.7 Å². The molecule has 1 aromatic heterocycles. The van der Waals surface area contributed by atoms with Crippen LogP contribution in [-0.2, 0) is 13.0 Å². The van der Waals surface area contributed by atoms with E-state index >= 15 is 0 Å². The van der Waals surface area contributed by atoms with Crippen molar-refractivity contribution in [2.45, 2.75) is 39.7 Å². The Balaban J connectivity index is 1.74. The Hall–Kier alpha value is -2.29. The topological polar surface area (TPSA) is 17.8 Å². The minimum Gasteiger partial charge on any atom is -0.323 e. The lowest BCUT2D eigenvalue weighted by Gasteiger charge is -2.17. The van der Waals surface area contributed by atoms with E-state index in [1.54, 1.807) is 6.07 Å². The number of para-hydroxylation sites is 2. The van der Waals surface area contributed by atoms with Crippen molar-refractivity contribution in [3.05, 3.63) is 99.3 Å². The Morgan fingerprint density at radius 1 is 0.900 bits per heavy atom. The molecule has 0 saturated carbocycles. The molecule has 1 heterocycles. The fourth-order valence-corrected chi connectivity index (χ4v) is 4.44. The summed E-state index contributed by atoms with van der Waals surface area (Å²) in [5.74, 6) is 1.86. The maximum absolute atomic E-state index is 6.49. The number of hydrogen-bond donors (Lipinski definition) is 0. The zero-order chi connectivity index (χ0) is 21.3. The number of nitrogens with zero attached hydrogens (tertiary/aromatic N) is 2. The lowest BCUT2D eigenvalue weighted by atomic mass is 9.96. The number of imidazole rings is 1. The van der Waals surface area contributed by atoms with Crippen LogP contribution < -0.4 is 0 Å². The summed E-state index contributed by atoms with van der Waals surface area (Å²) in [4.78, 5) is 5.00. The van der Waals surface area contributed by atoms with E-state index in [-0.39, 0.29) is 5.92 Å². The molecule has 0 N–H and O–H groups in total. The van der Waals surface area contributed by atoms with Crippen molar-refractivity contribution in [1.82, 2.24) is 9.55 Å². The second-order valence-corrected chi connectivity index (χ2v) is 9.19. The molecule has 0 amide bonds. The summed E-state index contributed by atoms with van der Waals surface area (Å²) in [6, 6.07) is 22.9. The molecule has 0 radical (unpaired) electrons. The maximum atomic E-state index is 6.49. The lowest BCUT2D eigenvalue weighted by molar-refractivity contribution is 0.646. The molecule has 0 fully saturated rings. The van der Waals surface area contributed by atoms with Gasteiger partial charge in [-0.15, -0.1) is 0 Å². The van der Waals surface area contributed by atoms with E-state index < -0.39 is 0 Å². The van der Waals surface area contributed by atoms with Gasteiger partial charge < -0.3 is 4.57 Å². The highest BCUT2D eigenvalue weighted by molar-refractivity contribution is 6.35. The number of benzene rings is 3. The van der Waals surface area contributed by atoms with E-state index in [0.29, 0.717) is 22.5 Å². The average molecular weight is 437 g/mol. The van der Waals surface area contributed by atoms with Gasteiger partial charge in [0.2, 0.25) is 0 Å². The van der Waals surface area contributed by atoms with Crippen LogP contribution in [0.2, 0.25) is 10.0 Å². The SMILES string of the molecule is CC(C)Cc1ccc([C@H](C)c2nc3ccccc3n2Cc2ccc(Cl)cc2Cl)cc1. The third kappa shape index (κ3) is 4.40. The second kappa shape index (κ2) is 8.83. The minimum atomic E-state index is 0.163. The van der Waals surface area contributed by atoms with E-state index in [9.17, 15) is 0 Å². The maximum Gasteiger partial charge on any atom is 0.117 e. The van der Waals surface area contributed by atoms with E-state index in [4.69, 9.17) is 28.2 Å². The minimum absolute atomic E-state index is 0.163. The van der Waals surface area contributed by atoms with Gasteiger partial charge in [-0.1, -0.05) is 86.4 Å². The molecule has 154 valence electrons. The van der Waals surface area contributed by atoms with Crippen LogP contribution in [0.4, 0.5) is 0 Å². The Bertz CT molecular complexity index is 1160. The van der Waals surface area contributed by atoms with Crippen LogP contribution >= 0.6 is 23.2 Å². The summed E-state index contributed by atoms with van der Waals surface area (Å²) in [5.41, 5.74) is 5.79. The highest BCUT2D eigenvalue weighted by Gasteiger charge is 2.19. The number of aromatic nitrogens is 2. The van der Waals surface area contributed by atoms with Gasteiger partial charge in [0, 0.05) is 16.0 Å². The van der Waals surface area contributed by atoms with Crippen LogP contribution in [-0.4, -0.2) is 9.55 Å². The summed E-state index contributed by atoms with van der Waals surface area (Å²) in [6.45, 7) is 7.38. The zero-order valence-electron chi connectivity index (χ0n) is 17.6. The first kappa shape index (κ1) is 21.0. The van der Waals surface area contributed by atoms with Crippen LogP contribution in [0.3, 0.4) is 0 Å². The Labute approximate surface area is 188 Å². The fourth-order valence-electron chi connectivity index (χ4n) is 3.97. The quantitative estimate of drug-likeness (QED) is 0.302. The van der Waals surface area contributed by atoms with Gasteiger partial charge in [-0.2, -0.15) is 0 Å². The molecule has 2 nitrogen and oxygen atoms in total. The molecule has 0 saturated heterocycles. The summed E-state index contributed by atoms with van der Waals surface area (Å²) >= 11 is 12.6. The molecule has 4 aromatic rings. The average Bonchev–Trinajstić information content (AvgIpc) is 3.08. The molecule has 30 heavy (non-hydrogen) atoms. The zero-order valence-corrected chi connectivity index (χ0v) is 19.1. The Kier molecular flexibility index (Phi) is 6.17. The van der Waals surface area contributed by atoms with Gasteiger partial charge in [0.1, 0.15) is 5.82 Å². The van der Waals surface area contributed by atoms with Crippen molar-refractivity contribution in [2.75, 3.05) is 0 Å². The predicted octanol–water partition coefficient (Wildman–Crippen LogP) is 7.74. The first-order chi connectivity index (χ1) is 14.4. The van der Waals surface area contributed by atoms with Crippen molar-refractivity contribution in [3.8, 4) is 0 Å². The van der Waals surface area contributed by atoms with E-state index in [2.05, 4.69) is 67.8 Å². The standard InChI is InChI=1S/C26H26Cl2N2/c1-17(2)14-19-8-10-20(11-9-19)18(3)26-29-24-6-4-5-7-25(24)30(26)16-21-12-13-22(27)15-23(21)28/h4-13,15,17-18H,14,16H2,1-3H3/t18-/m0/s1. The molecule has 0 spiro atoms. The Morgan fingerprint density at radius 2 is 1.63 bits per heavy atom. The molecule has 0 unspecified atom stereocenters. The number of rotatable bonds is 6. The van der Waals surface area contributed by atoms with Crippen molar-refractivity contribution in [3.63, 3.8) is 0 Å². The summed E-state index contributed by atoms with van der Waals surface area (Å²) < 4.78 is 2.27. The third-order valence-electron chi connectivity index (χ3n) is 5.54. The van der Waals surface area contributed by atoms with Crippen molar-refractivity contribution in [1.29, 1.82) is 0 Å². The second-order valence-electron chi connectivity index (χ2n) is 8.34. The predicted molar refractivity (Wildman–Crippen MR) is 128 cm³/mol. The number of halogens is 2. The number of hydrogen-bond acceptors (Lipinski definition) is 1. The number of fused-ring (bicyclic) bond motifs is 1. The monoisotopic (exact) mass is 436 g/mol. The Morgan fingerprint density at radius 3 is 2.33 bits per heavy atom. The first-order valence-corrected chi connectivity index (χ1v) is 11.2. The van der Waals surface area contributed by atoms with Gasteiger partial charge in [-0.3, -0.25) is 0 Å². The van der Waals surface area contributed by atoms with Crippen molar-refractivity contribution >= 4 is 34.2 Å². The third-order valence-corrected chi connectivity index (χ3v) is 6.13. The molecular formula is C26H26Cl2N2. The van der Waals surface area contributed by atoms with Gasteiger partial charge >= 0.3 is 0 Å². The van der Waals surface area contributed by atoms with Crippen molar-refractivity contribution in [2.24, 2.45) is 5.92 Å². The summed E-state index contributed by atoms with van der Waals surface area (Å²) in [5, 5.41) is 1.33. The smallest absolute Gasteiger partial charge is 0.117 e. The van der Waals surface area contributed by atoms with Gasteiger partial charge in [0.05, 0.1) is 17.6 Å².